The van der Waals surface area contributed by atoms with E-state index in [1.165, 1.54) is 24.1 Å². The molecule has 2 aliphatic heterocycles. The lowest BCUT2D eigenvalue weighted by Gasteiger charge is -2.35. The zero-order valence-electron chi connectivity index (χ0n) is 16.6. The van der Waals surface area contributed by atoms with Crippen molar-refractivity contribution < 1.29 is 28.7 Å². The molecule has 2 amide bonds. The topological polar surface area (TPSA) is 111 Å². The number of methoxy groups -OCH3 is 1. The van der Waals surface area contributed by atoms with Gasteiger partial charge in [0.05, 0.1) is 24.7 Å². The molecule has 10 nitrogen and oxygen atoms in total. The SMILES string of the molecule is CCOc1cc(C(=O)N2CCN(C(=O)C3CCCO3)CC2)c([N+](=O)[O-])cc1OC. The number of piperazine rings is 1. The first-order chi connectivity index (χ1) is 14.0. The summed E-state index contributed by atoms with van der Waals surface area (Å²) in [4.78, 5) is 39.6. The summed E-state index contributed by atoms with van der Waals surface area (Å²) >= 11 is 0. The largest absolute Gasteiger partial charge is 0.493 e. The highest BCUT2D eigenvalue weighted by Gasteiger charge is 2.33. The molecule has 0 saturated carbocycles. The molecular weight excluding hydrogens is 382 g/mol. The van der Waals surface area contributed by atoms with Gasteiger partial charge in [-0.3, -0.25) is 19.7 Å². The monoisotopic (exact) mass is 407 g/mol. The molecule has 0 spiro atoms. The summed E-state index contributed by atoms with van der Waals surface area (Å²) in [6.45, 7) is 4.02. The van der Waals surface area contributed by atoms with Crippen LogP contribution < -0.4 is 9.47 Å². The van der Waals surface area contributed by atoms with Gasteiger partial charge >= 0.3 is 0 Å². The van der Waals surface area contributed by atoms with Crippen LogP contribution in [-0.2, 0) is 9.53 Å². The molecular formula is C19H25N3O7. The molecule has 1 aromatic carbocycles. The van der Waals surface area contributed by atoms with Crippen LogP contribution in [0.5, 0.6) is 11.5 Å². The van der Waals surface area contributed by atoms with E-state index >= 15 is 0 Å². The van der Waals surface area contributed by atoms with Crippen LogP contribution in [0.2, 0.25) is 0 Å². The maximum absolute atomic E-state index is 13.0. The molecule has 2 heterocycles. The summed E-state index contributed by atoms with van der Waals surface area (Å²) in [5, 5.41) is 11.5. The van der Waals surface area contributed by atoms with Gasteiger partial charge in [-0.15, -0.1) is 0 Å². The van der Waals surface area contributed by atoms with Gasteiger partial charge in [0.1, 0.15) is 11.7 Å². The number of rotatable bonds is 6. The summed E-state index contributed by atoms with van der Waals surface area (Å²) in [5.74, 6) is -0.0496. The molecule has 0 bridgehead atoms. The minimum Gasteiger partial charge on any atom is -0.493 e. The van der Waals surface area contributed by atoms with Crippen LogP contribution in [0.1, 0.15) is 30.1 Å². The van der Waals surface area contributed by atoms with E-state index < -0.39 is 16.9 Å². The Morgan fingerprint density at radius 3 is 2.45 bits per heavy atom. The molecule has 1 aromatic rings. The number of nitrogens with zero attached hydrogens (tertiary/aromatic N) is 3. The minimum absolute atomic E-state index is 0.0522. The average molecular weight is 407 g/mol. The van der Waals surface area contributed by atoms with Crippen molar-refractivity contribution >= 4 is 17.5 Å². The van der Waals surface area contributed by atoms with E-state index in [9.17, 15) is 19.7 Å². The normalized spacial score (nSPS) is 19.2. The van der Waals surface area contributed by atoms with E-state index in [-0.39, 0.29) is 28.7 Å². The number of nitro benzene ring substituents is 1. The molecule has 0 radical (unpaired) electrons. The Bertz CT molecular complexity index is 784. The Morgan fingerprint density at radius 2 is 1.90 bits per heavy atom. The van der Waals surface area contributed by atoms with Crippen molar-refractivity contribution in [1.29, 1.82) is 0 Å². The van der Waals surface area contributed by atoms with E-state index in [0.717, 1.165) is 12.8 Å². The highest BCUT2D eigenvalue weighted by molar-refractivity contribution is 5.99. The van der Waals surface area contributed by atoms with E-state index in [1.54, 1.807) is 11.8 Å². The third kappa shape index (κ3) is 4.42. The van der Waals surface area contributed by atoms with Crippen molar-refractivity contribution in [3.63, 3.8) is 0 Å². The number of hydrogen-bond donors (Lipinski definition) is 0. The molecule has 0 aromatic heterocycles. The van der Waals surface area contributed by atoms with Crippen molar-refractivity contribution in [3.8, 4) is 11.5 Å². The molecule has 10 heteroatoms. The number of ether oxygens (including phenoxy) is 3. The van der Waals surface area contributed by atoms with E-state index in [1.807, 2.05) is 0 Å². The van der Waals surface area contributed by atoms with Gasteiger partial charge in [-0.25, -0.2) is 0 Å². The molecule has 3 rings (SSSR count). The quantitative estimate of drug-likeness (QED) is 0.518. The number of hydrogen-bond acceptors (Lipinski definition) is 7. The Labute approximate surface area is 168 Å². The number of carbonyl (C=O) groups excluding carboxylic acids is 2. The van der Waals surface area contributed by atoms with E-state index in [4.69, 9.17) is 14.2 Å². The van der Waals surface area contributed by atoms with Crippen LogP contribution in [-0.4, -0.2) is 79.1 Å². The van der Waals surface area contributed by atoms with E-state index in [2.05, 4.69) is 0 Å². The zero-order chi connectivity index (χ0) is 21.0. The zero-order valence-corrected chi connectivity index (χ0v) is 16.6. The van der Waals surface area contributed by atoms with Gasteiger partial charge in [-0.2, -0.15) is 0 Å². The van der Waals surface area contributed by atoms with Gasteiger partial charge in [0.2, 0.25) is 0 Å². The second-order valence-corrected chi connectivity index (χ2v) is 6.83. The fourth-order valence-electron chi connectivity index (χ4n) is 3.58. The van der Waals surface area contributed by atoms with Gasteiger partial charge in [0.25, 0.3) is 17.5 Å². The molecule has 29 heavy (non-hydrogen) atoms. The first kappa shape index (κ1) is 20.8. The summed E-state index contributed by atoms with van der Waals surface area (Å²) < 4.78 is 16.0. The second-order valence-electron chi connectivity index (χ2n) is 6.83. The van der Waals surface area contributed by atoms with Crippen molar-refractivity contribution in [2.75, 3.05) is 46.5 Å². The molecule has 2 aliphatic rings. The lowest BCUT2D eigenvalue weighted by Crippen LogP contribution is -2.52. The number of carbonyl (C=O) groups is 2. The Hall–Kier alpha value is -2.88. The van der Waals surface area contributed by atoms with Crippen molar-refractivity contribution in [2.45, 2.75) is 25.9 Å². The van der Waals surface area contributed by atoms with Crippen molar-refractivity contribution in [3.05, 3.63) is 27.8 Å². The standard InChI is InChI=1S/C19H25N3O7/c1-3-28-17-11-13(14(22(25)26)12-16(17)27-2)18(23)20-6-8-21(9-7-20)19(24)15-5-4-10-29-15/h11-12,15H,3-10H2,1-2H3. The van der Waals surface area contributed by atoms with Crippen LogP contribution in [0, 0.1) is 10.1 Å². The van der Waals surface area contributed by atoms with Crippen LogP contribution in [0.4, 0.5) is 5.69 Å². The van der Waals surface area contributed by atoms with Crippen LogP contribution in [0.25, 0.3) is 0 Å². The summed E-state index contributed by atoms with van der Waals surface area (Å²) in [5.41, 5.74) is -0.397. The molecule has 1 atom stereocenters. The van der Waals surface area contributed by atoms with Gasteiger partial charge < -0.3 is 24.0 Å². The van der Waals surface area contributed by atoms with Crippen LogP contribution >= 0.6 is 0 Å². The van der Waals surface area contributed by atoms with Crippen LogP contribution in [0.15, 0.2) is 12.1 Å². The molecule has 0 aliphatic carbocycles. The molecule has 158 valence electrons. The summed E-state index contributed by atoms with van der Waals surface area (Å²) in [6.07, 6.45) is 1.20. The fourth-order valence-corrected chi connectivity index (χ4v) is 3.58. The van der Waals surface area contributed by atoms with Gasteiger partial charge in [0, 0.05) is 38.9 Å². The molecule has 2 saturated heterocycles. The highest BCUT2D eigenvalue weighted by Crippen LogP contribution is 2.35. The van der Waals surface area contributed by atoms with Gasteiger partial charge in [0.15, 0.2) is 11.5 Å². The highest BCUT2D eigenvalue weighted by atomic mass is 16.6. The molecule has 1 unspecified atom stereocenters. The second kappa shape index (κ2) is 9.08. The number of benzene rings is 1. The minimum atomic E-state index is -0.608. The fraction of sp³-hybridized carbons (Fsp3) is 0.579. The van der Waals surface area contributed by atoms with Gasteiger partial charge in [-0.05, 0) is 19.8 Å². The van der Waals surface area contributed by atoms with E-state index in [0.29, 0.717) is 39.4 Å². The van der Waals surface area contributed by atoms with Crippen molar-refractivity contribution in [2.24, 2.45) is 0 Å². The first-order valence-electron chi connectivity index (χ1n) is 9.65. The first-order valence-corrected chi connectivity index (χ1v) is 9.65. The summed E-state index contributed by atoms with van der Waals surface area (Å²) in [7, 11) is 1.38. The smallest absolute Gasteiger partial charge is 0.286 e. The van der Waals surface area contributed by atoms with Gasteiger partial charge in [-0.1, -0.05) is 0 Å². The Morgan fingerprint density at radius 1 is 1.21 bits per heavy atom. The Balaban J connectivity index is 1.75. The average Bonchev–Trinajstić information content (AvgIpc) is 3.27. The lowest BCUT2D eigenvalue weighted by molar-refractivity contribution is -0.385. The third-order valence-corrected chi connectivity index (χ3v) is 5.09. The maximum Gasteiger partial charge on any atom is 0.286 e. The summed E-state index contributed by atoms with van der Waals surface area (Å²) in [6, 6.07) is 2.56. The number of nitro groups is 1. The lowest BCUT2D eigenvalue weighted by atomic mass is 10.1. The predicted molar refractivity (Wildman–Crippen MR) is 102 cm³/mol. The number of amides is 2. The maximum atomic E-state index is 13.0. The Kier molecular flexibility index (Phi) is 6.53. The van der Waals surface area contributed by atoms with Crippen molar-refractivity contribution in [1.82, 2.24) is 9.80 Å². The van der Waals surface area contributed by atoms with Crippen LogP contribution in [0.3, 0.4) is 0 Å². The molecule has 2 fully saturated rings. The predicted octanol–water partition coefficient (Wildman–Crippen LogP) is 1.47. The third-order valence-electron chi connectivity index (χ3n) is 5.09. The molecule has 0 N–H and O–H groups in total.